The van der Waals surface area contributed by atoms with Crippen LogP contribution in [0.2, 0.25) is 10.0 Å². The molecule has 10 heteroatoms. The molecule has 1 aromatic heterocycles. The second-order valence-electron chi connectivity index (χ2n) is 7.56. The lowest BCUT2D eigenvalue weighted by Gasteiger charge is -2.36. The lowest BCUT2D eigenvalue weighted by atomic mass is 10.2. The quantitative estimate of drug-likeness (QED) is 0.451. The fraction of sp³-hybridized carbons (Fsp3) is 0.261. The number of halogens is 2. The molecule has 1 fully saturated rings. The third-order valence-corrected chi connectivity index (χ3v) is 7.55. The van der Waals surface area contributed by atoms with E-state index in [1.54, 1.807) is 18.2 Å². The van der Waals surface area contributed by atoms with Crippen LogP contribution >= 0.6 is 46.8 Å². The van der Waals surface area contributed by atoms with E-state index in [1.165, 1.54) is 11.3 Å². The van der Waals surface area contributed by atoms with E-state index < -0.39 is 0 Å². The molecular weight excluding hydrogens is 499 g/mol. The minimum absolute atomic E-state index is 0.186. The van der Waals surface area contributed by atoms with Crippen LogP contribution in [-0.2, 0) is 4.79 Å². The van der Waals surface area contributed by atoms with Gasteiger partial charge in [0.1, 0.15) is 4.88 Å². The first-order chi connectivity index (χ1) is 15.9. The average molecular weight is 521 g/mol. The van der Waals surface area contributed by atoms with Crippen LogP contribution < -0.4 is 15.5 Å². The summed E-state index contributed by atoms with van der Waals surface area (Å²) in [5.74, 6) is -0.170. The standard InChI is InChI=1S/C23H22Cl2N4O2S2/c1-2-19(30)29-11-9-28(10-12-29)16-6-4-15(5-7-16)26-23(32)27-22(31)21-20(25)17-8-3-14(24)13-18(17)33-21/h3-8,13H,2,9-12H2,1H3,(H2,26,27,31,32). The summed E-state index contributed by atoms with van der Waals surface area (Å²) in [5.41, 5.74) is 1.84. The van der Waals surface area contributed by atoms with Crippen LogP contribution in [0.25, 0.3) is 10.1 Å². The SMILES string of the molecule is CCC(=O)N1CCN(c2ccc(NC(=S)NC(=O)c3sc4cc(Cl)ccc4c3Cl)cc2)CC1. The number of piperazine rings is 1. The number of benzene rings is 2. The molecule has 0 atom stereocenters. The van der Waals surface area contributed by atoms with Crippen LogP contribution in [0.3, 0.4) is 0 Å². The molecule has 0 radical (unpaired) electrons. The number of hydrogen-bond donors (Lipinski definition) is 2. The minimum Gasteiger partial charge on any atom is -0.368 e. The fourth-order valence-electron chi connectivity index (χ4n) is 3.70. The van der Waals surface area contributed by atoms with Crippen LogP contribution in [0.5, 0.6) is 0 Å². The van der Waals surface area contributed by atoms with E-state index in [0.717, 1.165) is 47.6 Å². The normalized spacial score (nSPS) is 13.8. The highest BCUT2D eigenvalue weighted by atomic mass is 35.5. The predicted octanol–water partition coefficient (Wildman–Crippen LogP) is 5.39. The molecule has 172 valence electrons. The van der Waals surface area contributed by atoms with Crippen molar-refractivity contribution in [1.29, 1.82) is 0 Å². The van der Waals surface area contributed by atoms with E-state index in [2.05, 4.69) is 15.5 Å². The van der Waals surface area contributed by atoms with Crippen molar-refractivity contribution in [3.05, 3.63) is 57.4 Å². The molecule has 2 N–H and O–H groups in total. The predicted molar refractivity (Wildman–Crippen MR) is 141 cm³/mol. The zero-order chi connectivity index (χ0) is 23.5. The van der Waals surface area contributed by atoms with Gasteiger partial charge < -0.3 is 15.1 Å². The summed E-state index contributed by atoms with van der Waals surface area (Å²) in [7, 11) is 0. The Balaban J connectivity index is 1.34. The van der Waals surface area contributed by atoms with E-state index in [4.69, 9.17) is 35.4 Å². The largest absolute Gasteiger partial charge is 0.368 e. The van der Waals surface area contributed by atoms with Gasteiger partial charge in [0.25, 0.3) is 5.91 Å². The van der Waals surface area contributed by atoms with E-state index in [0.29, 0.717) is 21.3 Å². The number of thiocarbonyl (C=S) groups is 1. The number of rotatable bonds is 4. The number of nitrogens with one attached hydrogen (secondary N) is 2. The summed E-state index contributed by atoms with van der Waals surface area (Å²) >= 11 is 19.0. The van der Waals surface area contributed by atoms with Gasteiger partial charge in [0, 0.05) is 59.1 Å². The molecule has 0 unspecified atom stereocenters. The van der Waals surface area contributed by atoms with Gasteiger partial charge in [0.15, 0.2) is 5.11 Å². The molecule has 0 spiro atoms. The molecule has 0 saturated carbocycles. The third kappa shape index (κ3) is 5.41. The van der Waals surface area contributed by atoms with Gasteiger partial charge in [-0.25, -0.2) is 0 Å². The summed E-state index contributed by atoms with van der Waals surface area (Å²) < 4.78 is 0.840. The van der Waals surface area contributed by atoms with Gasteiger partial charge in [-0.1, -0.05) is 36.2 Å². The monoisotopic (exact) mass is 520 g/mol. The molecular formula is C23H22Cl2N4O2S2. The highest BCUT2D eigenvalue weighted by Gasteiger charge is 2.21. The maximum atomic E-state index is 12.7. The lowest BCUT2D eigenvalue weighted by Crippen LogP contribution is -2.48. The fourth-order valence-corrected chi connectivity index (χ4v) is 5.60. The summed E-state index contributed by atoms with van der Waals surface area (Å²) in [4.78, 5) is 29.1. The van der Waals surface area contributed by atoms with Crippen molar-refractivity contribution >= 4 is 85.1 Å². The van der Waals surface area contributed by atoms with Crippen molar-refractivity contribution in [2.75, 3.05) is 36.4 Å². The van der Waals surface area contributed by atoms with Gasteiger partial charge in [-0.2, -0.15) is 0 Å². The summed E-state index contributed by atoms with van der Waals surface area (Å²) in [5, 5.41) is 7.66. The molecule has 2 heterocycles. The molecule has 33 heavy (non-hydrogen) atoms. The molecule has 1 aliphatic heterocycles. The summed E-state index contributed by atoms with van der Waals surface area (Å²) in [6.45, 7) is 4.95. The van der Waals surface area contributed by atoms with Crippen molar-refractivity contribution in [3.8, 4) is 0 Å². The van der Waals surface area contributed by atoms with Crippen LogP contribution in [-0.4, -0.2) is 48.0 Å². The number of thiophene rings is 1. The Bertz CT molecular complexity index is 1210. The highest BCUT2D eigenvalue weighted by molar-refractivity contribution is 7.80. The number of hydrogen-bond acceptors (Lipinski definition) is 5. The van der Waals surface area contributed by atoms with Crippen molar-refractivity contribution in [1.82, 2.24) is 10.2 Å². The maximum absolute atomic E-state index is 12.7. The Morgan fingerprint density at radius 3 is 2.42 bits per heavy atom. The molecule has 0 aliphatic carbocycles. The average Bonchev–Trinajstić information content (AvgIpc) is 3.14. The van der Waals surface area contributed by atoms with Gasteiger partial charge >= 0.3 is 0 Å². The van der Waals surface area contributed by atoms with Gasteiger partial charge in [-0.3, -0.25) is 14.9 Å². The number of fused-ring (bicyclic) bond motifs is 1. The summed E-state index contributed by atoms with van der Waals surface area (Å²) in [6, 6.07) is 13.1. The zero-order valence-electron chi connectivity index (χ0n) is 17.9. The van der Waals surface area contributed by atoms with Crippen LogP contribution in [0.4, 0.5) is 11.4 Å². The second-order valence-corrected chi connectivity index (χ2v) is 9.84. The van der Waals surface area contributed by atoms with Gasteiger partial charge in [0.2, 0.25) is 5.91 Å². The molecule has 1 saturated heterocycles. The topological polar surface area (TPSA) is 64.7 Å². The Hall–Kier alpha value is -2.39. The Kier molecular flexibility index (Phi) is 7.38. The Labute approximate surface area is 211 Å². The first-order valence-corrected chi connectivity index (χ1v) is 12.5. The van der Waals surface area contributed by atoms with Crippen molar-refractivity contribution in [3.63, 3.8) is 0 Å². The Morgan fingerprint density at radius 1 is 1.06 bits per heavy atom. The zero-order valence-corrected chi connectivity index (χ0v) is 21.0. The lowest BCUT2D eigenvalue weighted by molar-refractivity contribution is -0.131. The molecule has 6 nitrogen and oxygen atoms in total. The number of nitrogens with zero attached hydrogens (tertiary/aromatic N) is 2. The minimum atomic E-state index is -0.370. The third-order valence-electron chi connectivity index (χ3n) is 5.45. The van der Waals surface area contributed by atoms with Crippen molar-refractivity contribution in [2.45, 2.75) is 13.3 Å². The first kappa shape index (κ1) is 23.8. The summed E-state index contributed by atoms with van der Waals surface area (Å²) in [6.07, 6.45) is 0.542. The van der Waals surface area contributed by atoms with Crippen molar-refractivity contribution in [2.24, 2.45) is 0 Å². The van der Waals surface area contributed by atoms with E-state index >= 15 is 0 Å². The first-order valence-electron chi connectivity index (χ1n) is 10.5. The second kappa shape index (κ2) is 10.3. The number of carbonyl (C=O) groups excluding carboxylic acids is 2. The van der Waals surface area contributed by atoms with Crippen LogP contribution in [0, 0.1) is 0 Å². The Morgan fingerprint density at radius 2 is 1.76 bits per heavy atom. The van der Waals surface area contributed by atoms with E-state index in [9.17, 15) is 9.59 Å². The van der Waals surface area contributed by atoms with Gasteiger partial charge in [0.05, 0.1) is 5.02 Å². The van der Waals surface area contributed by atoms with Crippen LogP contribution in [0.15, 0.2) is 42.5 Å². The smallest absolute Gasteiger partial charge is 0.269 e. The molecule has 2 amide bonds. The molecule has 1 aliphatic rings. The van der Waals surface area contributed by atoms with Gasteiger partial charge in [-0.05, 0) is 48.6 Å². The van der Waals surface area contributed by atoms with E-state index in [-0.39, 0.29) is 16.9 Å². The van der Waals surface area contributed by atoms with Gasteiger partial charge in [-0.15, -0.1) is 11.3 Å². The van der Waals surface area contributed by atoms with E-state index in [1.807, 2.05) is 36.1 Å². The number of carbonyl (C=O) groups is 2. The molecule has 2 aromatic carbocycles. The molecule has 4 rings (SSSR count). The molecule has 0 bridgehead atoms. The van der Waals surface area contributed by atoms with Crippen molar-refractivity contribution < 1.29 is 9.59 Å². The van der Waals surface area contributed by atoms with Crippen LogP contribution in [0.1, 0.15) is 23.0 Å². The number of amides is 2. The number of anilines is 2. The maximum Gasteiger partial charge on any atom is 0.269 e. The highest BCUT2D eigenvalue weighted by Crippen LogP contribution is 2.36. The molecule has 3 aromatic rings.